The number of hydrogen-bond acceptors (Lipinski definition) is 4. The minimum Gasteiger partial charge on any atom is -0.467 e. The first kappa shape index (κ1) is 14.5. The average Bonchev–Trinajstić information content (AvgIpc) is 2.98. The topological polar surface area (TPSA) is 79.5 Å². The van der Waals surface area contributed by atoms with E-state index in [-0.39, 0.29) is 12.2 Å². The molecule has 0 fully saturated rings. The highest BCUT2D eigenvalue weighted by atomic mass is 79.9. The molecule has 20 heavy (non-hydrogen) atoms. The molecule has 0 bridgehead atoms. The van der Waals surface area contributed by atoms with Crippen LogP contribution in [0.25, 0.3) is 0 Å². The molecule has 0 aliphatic heterocycles. The van der Waals surface area contributed by atoms with Gasteiger partial charge in [-0.1, -0.05) is 15.9 Å². The predicted molar refractivity (Wildman–Crippen MR) is 75.2 cm³/mol. The maximum absolute atomic E-state index is 11.9. The van der Waals surface area contributed by atoms with E-state index in [0.717, 1.165) is 4.47 Å². The van der Waals surface area contributed by atoms with E-state index in [1.807, 2.05) is 0 Å². The summed E-state index contributed by atoms with van der Waals surface area (Å²) in [6.45, 7) is -0.354. The number of halogens is 1. The van der Waals surface area contributed by atoms with Crippen molar-refractivity contribution in [1.82, 2.24) is 5.32 Å². The van der Waals surface area contributed by atoms with Crippen LogP contribution in [0.1, 0.15) is 22.2 Å². The van der Waals surface area contributed by atoms with Crippen LogP contribution in [0, 0.1) is 0 Å². The number of Topliss-reactive ketones (excluding diaryl/α,β-unsaturated/α-hetero) is 1. The third kappa shape index (κ3) is 3.34. The lowest BCUT2D eigenvalue weighted by molar-refractivity contribution is -0.118. The quantitative estimate of drug-likeness (QED) is 0.646. The normalized spacial score (nSPS) is 11.9. The smallest absolute Gasteiger partial charge is 0.293 e. The van der Waals surface area contributed by atoms with E-state index < -0.39 is 17.7 Å². The molecule has 0 aliphatic carbocycles. The van der Waals surface area contributed by atoms with E-state index in [4.69, 9.17) is 4.42 Å². The summed E-state index contributed by atoms with van der Waals surface area (Å²) in [6, 6.07) is 8.97. The summed E-state index contributed by atoms with van der Waals surface area (Å²) in [5.74, 6) is -1.06. The molecule has 6 heteroatoms. The van der Waals surface area contributed by atoms with Crippen molar-refractivity contribution in [1.29, 1.82) is 0 Å². The monoisotopic (exact) mass is 337 g/mol. The fraction of sp³-hybridized carbons (Fsp3) is 0.143. The van der Waals surface area contributed by atoms with Crippen LogP contribution in [0.3, 0.4) is 0 Å². The van der Waals surface area contributed by atoms with Crippen molar-refractivity contribution in [3.63, 3.8) is 0 Å². The van der Waals surface area contributed by atoms with Crippen molar-refractivity contribution >= 4 is 27.6 Å². The molecule has 2 rings (SSSR count). The molecule has 1 amide bonds. The molecule has 0 spiro atoms. The van der Waals surface area contributed by atoms with Gasteiger partial charge in [-0.15, -0.1) is 0 Å². The summed E-state index contributed by atoms with van der Waals surface area (Å²) in [7, 11) is 0. The third-order valence-corrected chi connectivity index (χ3v) is 3.22. The number of carbonyl (C=O) groups excluding carboxylic acids is 2. The Bertz CT molecular complexity index is 592. The van der Waals surface area contributed by atoms with Gasteiger partial charge in [0.25, 0.3) is 5.91 Å². The second kappa shape index (κ2) is 6.49. The molecule has 5 nitrogen and oxygen atoms in total. The van der Waals surface area contributed by atoms with E-state index in [2.05, 4.69) is 21.2 Å². The fourth-order valence-corrected chi connectivity index (χ4v) is 1.92. The van der Waals surface area contributed by atoms with Crippen molar-refractivity contribution in [3.05, 3.63) is 58.5 Å². The molecule has 1 aromatic heterocycles. The SMILES string of the molecule is O=C(NC(CO)c1ccco1)C(=O)c1ccc(Br)cc1. The first-order valence-corrected chi connectivity index (χ1v) is 6.66. The Labute approximate surface area is 123 Å². The van der Waals surface area contributed by atoms with Crippen molar-refractivity contribution in [2.75, 3.05) is 6.61 Å². The van der Waals surface area contributed by atoms with Gasteiger partial charge in [0, 0.05) is 10.0 Å². The van der Waals surface area contributed by atoms with Gasteiger partial charge in [0.1, 0.15) is 11.8 Å². The van der Waals surface area contributed by atoms with Crippen molar-refractivity contribution < 1.29 is 19.1 Å². The zero-order valence-electron chi connectivity index (χ0n) is 10.4. The molecule has 104 valence electrons. The van der Waals surface area contributed by atoms with Gasteiger partial charge < -0.3 is 14.8 Å². The van der Waals surface area contributed by atoms with Gasteiger partial charge in [-0.2, -0.15) is 0 Å². The number of rotatable bonds is 5. The van der Waals surface area contributed by atoms with Crippen LogP contribution in [-0.4, -0.2) is 23.4 Å². The number of aliphatic hydroxyl groups is 1. The number of nitrogens with one attached hydrogen (secondary N) is 1. The molecule has 1 atom stereocenters. The van der Waals surface area contributed by atoms with Crippen LogP contribution >= 0.6 is 15.9 Å². The second-order valence-electron chi connectivity index (χ2n) is 4.06. The van der Waals surface area contributed by atoms with Crippen LogP contribution in [0.4, 0.5) is 0 Å². The van der Waals surface area contributed by atoms with Crippen molar-refractivity contribution in [2.45, 2.75) is 6.04 Å². The zero-order chi connectivity index (χ0) is 14.5. The summed E-state index contributed by atoms with van der Waals surface area (Å²) in [5.41, 5.74) is 0.279. The first-order valence-electron chi connectivity index (χ1n) is 5.87. The Morgan fingerprint density at radius 2 is 1.95 bits per heavy atom. The van der Waals surface area contributed by atoms with Gasteiger partial charge in [0.2, 0.25) is 5.78 Å². The molecule has 0 saturated carbocycles. The van der Waals surface area contributed by atoms with E-state index in [0.29, 0.717) is 5.76 Å². The summed E-state index contributed by atoms with van der Waals surface area (Å²) in [5, 5.41) is 11.7. The highest BCUT2D eigenvalue weighted by molar-refractivity contribution is 9.10. The number of amides is 1. The fourth-order valence-electron chi connectivity index (χ4n) is 1.65. The highest BCUT2D eigenvalue weighted by Gasteiger charge is 2.22. The largest absolute Gasteiger partial charge is 0.467 e. The Morgan fingerprint density at radius 3 is 2.50 bits per heavy atom. The maximum Gasteiger partial charge on any atom is 0.293 e. The molecule has 2 N–H and O–H groups in total. The number of ketones is 1. The van der Waals surface area contributed by atoms with E-state index in [1.165, 1.54) is 6.26 Å². The molecule has 0 aliphatic rings. The Balaban J connectivity index is 2.07. The number of carbonyl (C=O) groups is 2. The lowest BCUT2D eigenvalue weighted by Gasteiger charge is -2.13. The second-order valence-corrected chi connectivity index (χ2v) is 4.98. The summed E-state index contributed by atoms with van der Waals surface area (Å²) in [4.78, 5) is 23.8. The minimum atomic E-state index is -0.789. The van der Waals surface area contributed by atoms with E-state index in [9.17, 15) is 14.7 Å². The molecule has 1 unspecified atom stereocenters. The summed E-state index contributed by atoms with van der Waals surface area (Å²) in [6.07, 6.45) is 1.43. The molecule has 0 radical (unpaired) electrons. The molecular formula is C14H12BrNO4. The number of aliphatic hydroxyl groups excluding tert-OH is 1. The molecule has 0 saturated heterocycles. The van der Waals surface area contributed by atoms with Crippen molar-refractivity contribution in [2.24, 2.45) is 0 Å². The highest BCUT2D eigenvalue weighted by Crippen LogP contribution is 2.14. The van der Waals surface area contributed by atoms with Gasteiger partial charge in [-0.3, -0.25) is 9.59 Å². The van der Waals surface area contributed by atoms with E-state index >= 15 is 0 Å². The van der Waals surface area contributed by atoms with Gasteiger partial charge >= 0.3 is 0 Å². The lowest BCUT2D eigenvalue weighted by Crippen LogP contribution is -2.35. The van der Waals surface area contributed by atoms with Crippen LogP contribution in [0.2, 0.25) is 0 Å². The zero-order valence-corrected chi connectivity index (χ0v) is 12.0. The van der Waals surface area contributed by atoms with Crippen LogP contribution in [0.15, 0.2) is 51.6 Å². The van der Waals surface area contributed by atoms with Gasteiger partial charge in [0.05, 0.1) is 12.9 Å². The Morgan fingerprint density at radius 1 is 1.25 bits per heavy atom. The molecule has 1 aromatic carbocycles. The summed E-state index contributed by atoms with van der Waals surface area (Å²) >= 11 is 3.25. The van der Waals surface area contributed by atoms with E-state index in [1.54, 1.807) is 36.4 Å². The number of furan rings is 1. The predicted octanol–water partition coefficient (Wildman–Crippen LogP) is 2.07. The van der Waals surface area contributed by atoms with Gasteiger partial charge in [-0.25, -0.2) is 0 Å². The van der Waals surface area contributed by atoms with Gasteiger partial charge in [-0.05, 0) is 36.4 Å². The first-order chi connectivity index (χ1) is 9.61. The maximum atomic E-state index is 11.9. The molecule has 2 aromatic rings. The molecular weight excluding hydrogens is 326 g/mol. The van der Waals surface area contributed by atoms with Crippen LogP contribution in [-0.2, 0) is 4.79 Å². The number of hydrogen-bond donors (Lipinski definition) is 2. The molecule has 1 heterocycles. The lowest BCUT2D eigenvalue weighted by atomic mass is 10.1. The standard InChI is InChI=1S/C14H12BrNO4/c15-10-5-3-9(4-6-10)13(18)14(19)16-11(8-17)12-2-1-7-20-12/h1-7,11,17H,8H2,(H,16,19). The Kier molecular flexibility index (Phi) is 4.70. The van der Waals surface area contributed by atoms with Gasteiger partial charge in [0.15, 0.2) is 0 Å². The van der Waals surface area contributed by atoms with Crippen molar-refractivity contribution in [3.8, 4) is 0 Å². The number of benzene rings is 1. The third-order valence-electron chi connectivity index (χ3n) is 2.69. The van der Waals surface area contributed by atoms with Crippen LogP contribution < -0.4 is 5.32 Å². The average molecular weight is 338 g/mol. The Hall–Kier alpha value is -1.92. The minimum absolute atomic E-state index is 0.279. The van der Waals surface area contributed by atoms with Crippen LogP contribution in [0.5, 0.6) is 0 Å². The summed E-state index contributed by atoms with van der Waals surface area (Å²) < 4.78 is 5.91.